The van der Waals surface area contributed by atoms with E-state index in [1.165, 1.54) is 24.3 Å². The molecule has 2 aromatic rings. The van der Waals surface area contributed by atoms with Crippen molar-refractivity contribution in [1.82, 2.24) is 10.3 Å². The first-order chi connectivity index (χ1) is 12.8. The number of rotatable bonds is 7. The normalized spacial score (nSPS) is 12.5. The van der Waals surface area contributed by atoms with Gasteiger partial charge in [-0.2, -0.15) is 5.26 Å². The topological polar surface area (TPSA) is 109 Å². The van der Waals surface area contributed by atoms with Gasteiger partial charge in [0.15, 0.2) is 18.3 Å². The summed E-state index contributed by atoms with van der Waals surface area (Å²) in [6.45, 7) is 2.60. The number of nitriles is 1. The molecule has 0 bridgehead atoms. The fraction of sp³-hybridized carbons (Fsp3) is 0.278. The van der Waals surface area contributed by atoms with Crippen molar-refractivity contribution >= 4 is 40.6 Å². The summed E-state index contributed by atoms with van der Waals surface area (Å²) in [5, 5.41) is 14.0. The molecule has 0 aliphatic rings. The molecule has 0 spiro atoms. The molecule has 1 N–H and O–H groups in total. The van der Waals surface area contributed by atoms with E-state index in [1.807, 2.05) is 6.07 Å². The van der Waals surface area contributed by atoms with Gasteiger partial charge in [0.2, 0.25) is 0 Å². The lowest BCUT2D eigenvalue weighted by Crippen LogP contribution is -2.40. The Morgan fingerprint density at radius 2 is 2.07 bits per heavy atom. The minimum atomic E-state index is -1.09. The molecule has 0 fully saturated rings. The second-order valence-electron chi connectivity index (χ2n) is 5.64. The van der Waals surface area contributed by atoms with Gasteiger partial charge in [0.25, 0.3) is 5.91 Å². The van der Waals surface area contributed by atoms with Gasteiger partial charge >= 0.3 is 5.97 Å². The van der Waals surface area contributed by atoms with Crippen LogP contribution in [0.15, 0.2) is 29.6 Å². The number of nitrogens with one attached hydrogen (secondary N) is 1. The van der Waals surface area contributed by atoms with E-state index >= 15 is 0 Å². The summed E-state index contributed by atoms with van der Waals surface area (Å²) in [7, 11) is 0. The number of ketones is 1. The molecule has 140 valence electrons. The van der Waals surface area contributed by atoms with Crippen LogP contribution in [0.25, 0.3) is 0 Å². The summed E-state index contributed by atoms with van der Waals surface area (Å²) in [5.41, 5.74) is 0.925. The van der Waals surface area contributed by atoms with Crippen LogP contribution in [0.1, 0.15) is 33.9 Å². The summed E-state index contributed by atoms with van der Waals surface area (Å²) in [4.78, 5) is 40.4. The lowest BCUT2D eigenvalue weighted by molar-refractivity contribution is -0.149. The maximum absolute atomic E-state index is 12.2. The Kier molecular flexibility index (Phi) is 7.05. The van der Waals surface area contributed by atoms with Crippen molar-refractivity contribution in [3.8, 4) is 6.07 Å². The first-order valence-corrected chi connectivity index (χ1v) is 9.15. The van der Waals surface area contributed by atoms with Crippen molar-refractivity contribution < 1.29 is 19.1 Å². The lowest BCUT2D eigenvalue weighted by atomic mass is 10.1. The van der Waals surface area contributed by atoms with E-state index in [1.54, 1.807) is 30.5 Å². The Bertz CT molecular complexity index is 906. The van der Waals surface area contributed by atoms with E-state index in [9.17, 15) is 19.6 Å². The van der Waals surface area contributed by atoms with Crippen LogP contribution in [0.2, 0.25) is 5.02 Å². The summed E-state index contributed by atoms with van der Waals surface area (Å²) >= 11 is 7.13. The van der Waals surface area contributed by atoms with E-state index in [-0.39, 0.29) is 10.6 Å². The predicted molar refractivity (Wildman–Crippen MR) is 99.6 cm³/mol. The molecular weight excluding hydrogens is 390 g/mol. The first-order valence-electron chi connectivity index (χ1n) is 7.90. The molecule has 1 heterocycles. The summed E-state index contributed by atoms with van der Waals surface area (Å²) in [6, 6.07) is 7.27. The van der Waals surface area contributed by atoms with Gasteiger partial charge in [0.05, 0.1) is 16.7 Å². The molecule has 0 aliphatic heterocycles. The molecule has 1 aromatic carbocycles. The molecule has 2 atom stereocenters. The van der Waals surface area contributed by atoms with Crippen molar-refractivity contribution in [3.05, 3.63) is 50.9 Å². The van der Waals surface area contributed by atoms with Gasteiger partial charge in [-0.25, -0.2) is 9.78 Å². The lowest BCUT2D eigenvalue weighted by Gasteiger charge is -2.14. The number of carbonyl (C=O) groups excluding carboxylic acids is 3. The molecule has 0 radical (unpaired) electrons. The van der Waals surface area contributed by atoms with E-state index in [2.05, 4.69) is 10.3 Å². The Hall–Kier alpha value is -2.76. The fourth-order valence-electron chi connectivity index (χ4n) is 2.10. The Balaban J connectivity index is 1.90. The number of ether oxygens (including phenoxy) is 1. The van der Waals surface area contributed by atoms with Gasteiger partial charge in [-0.1, -0.05) is 23.7 Å². The number of aromatic nitrogens is 1. The number of Topliss-reactive ketones (excluding diaryl/α,β-unsaturated/α-hetero) is 1. The number of hydrogen-bond acceptors (Lipinski definition) is 7. The Morgan fingerprint density at radius 3 is 2.67 bits per heavy atom. The van der Waals surface area contributed by atoms with Gasteiger partial charge in [-0.15, -0.1) is 11.3 Å². The van der Waals surface area contributed by atoms with Crippen LogP contribution in [0.4, 0.5) is 0 Å². The number of aryl methyl sites for hydroxylation is 1. The second-order valence-corrected chi connectivity index (χ2v) is 6.94. The largest absolute Gasteiger partial charge is 0.456 e. The van der Waals surface area contributed by atoms with Crippen molar-refractivity contribution in [3.63, 3.8) is 0 Å². The monoisotopic (exact) mass is 405 g/mol. The van der Waals surface area contributed by atoms with Gasteiger partial charge < -0.3 is 10.1 Å². The average Bonchev–Trinajstić information content (AvgIpc) is 3.06. The molecule has 1 amide bonds. The summed E-state index contributed by atoms with van der Waals surface area (Å²) in [6.07, 6.45) is 0. The fourth-order valence-corrected chi connectivity index (χ4v) is 3.18. The van der Waals surface area contributed by atoms with Crippen LogP contribution in [0.3, 0.4) is 0 Å². The van der Waals surface area contributed by atoms with Crippen molar-refractivity contribution in [2.24, 2.45) is 0 Å². The highest BCUT2D eigenvalue weighted by Crippen LogP contribution is 2.21. The zero-order chi connectivity index (χ0) is 20.0. The molecule has 7 nitrogen and oxygen atoms in total. The average molecular weight is 406 g/mol. The van der Waals surface area contributed by atoms with Gasteiger partial charge in [0, 0.05) is 11.1 Å². The molecular formula is C18H16ClN3O4S. The molecule has 2 rings (SSSR count). The molecule has 0 saturated carbocycles. The van der Waals surface area contributed by atoms with Crippen molar-refractivity contribution in [1.29, 1.82) is 5.26 Å². The molecule has 27 heavy (non-hydrogen) atoms. The number of thiazole rings is 1. The van der Waals surface area contributed by atoms with Crippen molar-refractivity contribution in [2.75, 3.05) is 6.61 Å². The quantitative estimate of drug-likeness (QED) is 0.709. The SMILES string of the molecule is Cc1csc([C@@H](C#N)C(=O)COC(=O)[C@H](C)NC(=O)c2ccccc2Cl)n1. The standard InChI is InChI=1S/C18H16ClN3O4S/c1-10-9-27-17(21-10)13(7-20)15(23)8-26-18(25)11(2)22-16(24)12-5-3-4-6-14(12)19/h3-6,9,11,13H,8H2,1-2H3,(H,22,24)/t11-,13-/m0/s1. The van der Waals surface area contributed by atoms with Crippen LogP contribution in [0.5, 0.6) is 0 Å². The summed E-state index contributed by atoms with van der Waals surface area (Å²) in [5.74, 6) is -3.00. The molecule has 0 saturated heterocycles. The third-order valence-electron chi connectivity index (χ3n) is 3.51. The molecule has 1 aromatic heterocycles. The number of nitrogens with zero attached hydrogens (tertiary/aromatic N) is 2. The molecule has 0 aliphatic carbocycles. The number of esters is 1. The highest BCUT2D eigenvalue weighted by molar-refractivity contribution is 7.09. The number of carbonyl (C=O) groups is 3. The predicted octanol–water partition coefficient (Wildman–Crippen LogP) is 2.64. The van der Waals surface area contributed by atoms with Gasteiger partial charge in [0.1, 0.15) is 11.0 Å². The first kappa shape index (κ1) is 20.6. The highest BCUT2D eigenvalue weighted by atomic mass is 35.5. The van der Waals surface area contributed by atoms with Crippen LogP contribution in [-0.4, -0.2) is 35.3 Å². The van der Waals surface area contributed by atoms with Gasteiger partial charge in [-0.3, -0.25) is 9.59 Å². The summed E-state index contributed by atoms with van der Waals surface area (Å²) < 4.78 is 4.93. The second kappa shape index (κ2) is 9.26. The Morgan fingerprint density at radius 1 is 1.37 bits per heavy atom. The number of benzene rings is 1. The minimum Gasteiger partial charge on any atom is -0.456 e. The third kappa shape index (κ3) is 5.36. The van der Waals surface area contributed by atoms with E-state index < -0.39 is 36.2 Å². The van der Waals surface area contributed by atoms with E-state index in [4.69, 9.17) is 16.3 Å². The van der Waals surface area contributed by atoms with Crippen LogP contribution >= 0.6 is 22.9 Å². The van der Waals surface area contributed by atoms with Crippen LogP contribution in [0, 0.1) is 18.3 Å². The Labute approximate surface area is 164 Å². The number of hydrogen-bond donors (Lipinski definition) is 1. The van der Waals surface area contributed by atoms with E-state index in [0.29, 0.717) is 10.7 Å². The van der Waals surface area contributed by atoms with Crippen molar-refractivity contribution in [2.45, 2.75) is 25.8 Å². The van der Waals surface area contributed by atoms with Crippen LogP contribution in [-0.2, 0) is 14.3 Å². The zero-order valence-corrected chi connectivity index (χ0v) is 16.1. The number of amides is 1. The molecule has 9 heteroatoms. The van der Waals surface area contributed by atoms with Gasteiger partial charge in [-0.05, 0) is 26.0 Å². The molecule has 0 unspecified atom stereocenters. The van der Waals surface area contributed by atoms with E-state index in [0.717, 1.165) is 0 Å². The maximum atomic E-state index is 12.2. The highest BCUT2D eigenvalue weighted by Gasteiger charge is 2.26. The minimum absolute atomic E-state index is 0.221. The van der Waals surface area contributed by atoms with Crippen LogP contribution < -0.4 is 5.32 Å². The maximum Gasteiger partial charge on any atom is 0.328 e. The number of halogens is 1. The smallest absolute Gasteiger partial charge is 0.328 e. The third-order valence-corrected chi connectivity index (χ3v) is 4.87. The zero-order valence-electron chi connectivity index (χ0n) is 14.6.